The summed E-state index contributed by atoms with van der Waals surface area (Å²) in [7, 11) is 2.56. The van der Waals surface area contributed by atoms with E-state index in [1.165, 1.54) is 32.4 Å². The molecule has 0 saturated carbocycles. The predicted molar refractivity (Wildman–Crippen MR) is 91.3 cm³/mol. The second-order valence-corrected chi connectivity index (χ2v) is 5.10. The fourth-order valence-electron chi connectivity index (χ4n) is 2.53. The van der Waals surface area contributed by atoms with Crippen molar-refractivity contribution in [3.8, 4) is 11.5 Å². The van der Waals surface area contributed by atoms with Gasteiger partial charge in [0, 0.05) is 11.6 Å². The summed E-state index contributed by atoms with van der Waals surface area (Å²) in [6.45, 7) is 2.21. The van der Waals surface area contributed by atoms with Crippen LogP contribution < -0.4 is 9.47 Å². The van der Waals surface area contributed by atoms with Crippen LogP contribution in [0.25, 0.3) is 5.57 Å². The van der Waals surface area contributed by atoms with Gasteiger partial charge in [0.25, 0.3) is 0 Å². The Balaban J connectivity index is 2.72. The molecule has 1 aliphatic rings. The molecule has 0 aliphatic carbocycles. The second kappa shape index (κ2) is 8.42. The number of esters is 1. The minimum Gasteiger partial charge on any atom is -0.496 e. The van der Waals surface area contributed by atoms with Gasteiger partial charge < -0.3 is 14.2 Å². The van der Waals surface area contributed by atoms with Crippen molar-refractivity contribution in [2.45, 2.75) is 0 Å². The lowest BCUT2D eigenvalue weighted by molar-refractivity contribution is 0.0597. The molecule has 0 amide bonds. The van der Waals surface area contributed by atoms with E-state index < -0.39 is 29.9 Å². The summed E-state index contributed by atoms with van der Waals surface area (Å²) in [5, 5.41) is 0. The number of carbonyl (C=O) groups excluding carboxylic acids is 1. The van der Waals surface area contributed by atoms with Crippen molar-refractivity contribution in [2.75, 3.05) is 27.5 Å². The fourth-order valence-corrected chi connectivity index (χ4v) is 2.53. The number of ether oxygens (including phenoxy) is 3. The van der Waals surface area contributed by atoms with Crippen LogP contribution >= 0.6 is 0 Å². The number of halogens is 3. The summed E-state index contributed by atoms with van der Waals surface area (Å²) in [5.41, 5.74) is -0.0629. The predicted octanol–water partition coefficient (Wildman–Crippen LogP) is 4.49. The molecule has 4 nitrogen and oxygen atoms in total. The average Bonchev–Trinajstić information content (AvgIpc) is 2.66. The number of hydrogen-bond acceptors (Lipinski definition) is 4. The molecule has 7 heteroatoms. The largest absolute Gasteiger partial charge is 0.496 e. The highest BCUT2D eigenvalue weighted by molar-refractivity contribution is 5.96. The minimum atomic E-state index is -1.10. The van der Waals surface area contributed by atoms with Gasteiger partial charge in [0.15, 0.2) is 0 Å². The van der Waals surface area contributed by atoms with Gasteiger partial charge >= 0.3 is 5.97 Å². The highest BCUT2D eigenvalue weighted by atomic mass is 19.1. The normalized spacial score (nSPS) is 14.5. The lowest BCUT2D eigenvalue weighted by Gasteiger charge is -2.22. The molecule has 0 aromatic heterocycles. The molecule has 1 aromatic carbocycles. The van der Waals surface area contributed by atoms with Crippen LogP contribution in [0.4, 0.5) is 13.2 Å². The average molecular weight is 366 g/mol. The SMILES string of the molecule is C=C/C(F)=C(C1=CCOc2cc(OC)c(C(=O)OC)cc21)\C(F)=C/CF. The number of hydrogen-bond donors (Lipinski definition) is 0. The van der Waals surface area contributed by atoms with Gasteiger partial charge in [0.05, 0.1) is 19.8 Å². The fraction of sp³-hybridized carbons (Fsp3) is 0.211. The first-order valence-electron chi connectivity index (χ1n) is 7.56. The summed E-state index contributed by atoms with van der Waals surface area (Å²) >= 11 is 0. The lowest BCUT2D eigenvalue weighted by Crippen LogP contribution is -2.11. The Morgan fingerprint density at radius 3 is 2.65 bits per heavy atom. The molecule has 1 aliphatic heterocycles. The molecule has 0 unspecified atom stereocenters. The molecule has 0 spiro atoms. The summed E-state index contributed by atoms with van der Waals surface area (Å²) in [6.07, 6.45) is 2.86. The Bertz CT molecular complexity index is 822. The van der Waals surface area contributed by atoms with Crippen LogP contribution in [0.2, 0.25) is 0 Å². The third-order valence-corrected chi connectivity index (χ3v) is 3.71. The van der Waals surface area contributed by atoms with Crippen LogP contribution in [0.1, 0.15) is 15.9 Å². The Morgan fingerprint density at radius 1 is 1.35 bits per heavy atom. The number of methoxy groups -OCH3 is 2. The maximum Gasteiger partial charge on any atom is 0.341 e. The third kappa shape index (κ3) is 3.66. The van der Waals surface area contributed by atoms with Crippen LogP contribution in [0.5, 0.6) is 11.5 Å². The molecule has 2 rings (SSSR count). The number of rotatable bonds is 6. The molecule has 0 fully saturated rings. The molecule has 26 heavy (non-hydrogen) atoms. The molecule has 138 valence electrons. The van der Waals surface area contributed by atoms with E-state index in [0.717, 1.165) is 6.08 Å². The van der Waals surface area contributed by atoms with Crippen molar-refractivity contribution in [3.05, 3.63) is 65.3 Å². The van der Waals surface area contributed by atoms with E-state index in [2.05, 4.69) is 6.58 Å². The zero-order valence-electron chi connectivity index (χ0n) is 14.3. The van der Waals surface area contributed by atoms with Crippen molar-refractivity contribution < 1.29 is 32.2 Å². The van der Waals surface area contributed by atoms with Crippen LogP contribution in [0.15, 0.2) is 54.2 Å². The first kappa shape index (κ1) is 19.4. The Morgan fingerprint density at radius 2 is 2.08 bits per heavy atom. The van der Waals surface area contributed by atoms with Gasteiger partial charge in [0.2, 0.25) is 0 Å². The first-order valence-corrected chi connectivity index (χ1v) is 7.56. The maximum absolute atomic E-state index is 14.3. The number of alkyl halides is 1. The van der Waals surface area contributed by atoms with Crippen LogP contribution in [0.3, 0.4) is 0 Å². The van der Waals surface area contributed by atoms with Gasteiger partial charge in [-0.1, -0.05) is 6.58 Å². The Labute approximate surface area is 148 Å². The van der Waals surface area contributed by atoms with Crippen LogP contribution in [-0.4, -0.2) is 33.5 Å². The first-order chi connectivity index (χ1) is 12.5. The molecule has 0 N–H and O–H groups in total. The number of allylic oxidation sites excluding steroid dienone is 6. The topological polar surface area (TPSA) is 44.8 Å². The van der Waals surface area contributed by atoms with Crippen molar-refractivity contribution in [1.82, 2.24) is 0 Å². The van der Waals surface area contributed by atoms with E-state index in [1.807, 2.05) is 0 Å². The van der Waals surface area contributed by atoms with Gasteiger partial charge in [-0.3, -0.25) is 0 Å². The summed E-state index contributed by atoms with van der Waals surface area (Å²) in [5.74, 6) is -2.30. The third-order valence-electron chi connectivity index (χ3n) is 3.71. The molecule has 0 atom stereocenters. The van der Waals surface area contributed by atoms with E-state index >= 15 is 0 Å². The van der Waals surface area contributed by atoms with E-state index in [0.29, 0.717) is 6.08 Å². The number of carbonyl (C=O) groups is 1. The molecule has 0 radical (unpaired) electrons. The molecule has 1 heterocycles. The highest BCUT2D eigenvalue weighted by Gasteiger charge is 2.26. The molecule has 0 saturated heterocycles. The lowest BCUT2D eigenvalue weighted by atomic mass is 9.91. The van der Waals surface area contributed by atoms with Gasteiger partial charge in [-0.05, 0) is 29.9 Å². The number of benzene rings is 1. The number of fused-ring (bicyclic) bond motifs is 1. The van der Waals surface area contributed by atoms with Crippen molar-refractivity contribution in [1.29, 1.82) is 0 Å². The quantitative estimate of drug-likeness (QED) is 0.550. The second-order valence-electron chi connectivity index (χ2n) is 5.10. The van der Waals surface area contributed by atoms with E-state index in [1.54, 1.807) is 0 Å². The van der Waals surface area contributed by atoms with E-state index in [-0.39, 0.29) is 34.8 Å². The van der Waals surface area contributed by atoms with E-state index in [9.17, 15) is 18.0 Å². The zero-order chi connectivity index (χ0) is 19.3. The van der Waals surface area contributed by atoms with Gasteiger partial charge in [-0.2, -0.15) is 0 Å². The van der Waals surface area contributed by atoms with Gasteiger partial charge in [0.1, 0.15) is 42.0 Å². The Kier molecular flexibility index (Phi) is 6.27. The van der Waals surface area contributed by atoms with E-state index in [4.69, 9.17) is 14.2 Å². The summed E-state index contributed by atoms with van der Waals surface area (Å²) in [6, 6.07) is 2.78. The highest BCUT2D eigenvalue weighted by Crippen LogP contribution is 2.42. The van der Waals surface area contributed by atoms with Crippen LogP contribution in [-0.2, 0) is 4.74 Å². The van der Waals surface area contributed by atoms with Crippen molar-refractivity contribution in [2.24, 2.45) is 0 Å². The smallest absolute Gasteiger partial charge is 0.341 e. The monoisotopic (exact) mass is 366 g/mol. The Hall–Kier alpha value is -2.96. The maximum atomic E-state index is 14.3. The standard InChI is InChI=1S/C19H17F3O4/c1-4-14(21)18(15(22)5-7-20)11-6-8-26-17-10-16(24-2)13(9-12(11)17)19(23)25-3/h4-6,9-10H,1,7-8H2,2-3H3/b15-5+,18-14+. The van der Waals surface area contributed by atoms with Crippen LogP contribution in [0, 0.1) is 0 Å². The molecule has 0 bridgehead atoms. The van der Waals surface area contributed by atoms with Crippen molar-refractivity contribution in [3.63, 3.8) is 0 Å². The summed E-state index contributed by atoms with van der Waals surface area (Å²) in [4.78, 5) is 12.0. The molecule has 1 aromatic rings. The molecular formula is C19H17F3O4. The van der Waals surface area contributed by atoms with Crippen molar-refractivity contribution >= 4 is 11.5 Å². The van der Waals surface area contributed by atoms with Gasteiger partial charge in [-0.25, -0.2) is 18.0 Å². The molecular weight excluding hydrogens is 349 g/mol. The minimum absolute atomic E-state index is 0.0277. The summed E-state index contributed by atoms with van der Waals surface area (Å²) < 4.78 is 56.5. The van der Waals surface area contributed by atoms with Gasteiger partial charge in [-0.15, -0.1) is 0 Å². The zero-order valence-corrected chi connectivity index (χ0v) is 14.3.